The first kappa shape index (κ1) is 42.6. The molecule has 0 aliphatic heterocycles. The summed E-state index contributed by atoms with van der Waals surface area (Å²) in [5, 5.41) is 5.51. The minimum atomic E-state index is -0.343. The average Bonchev–Trinajstić information content (AvgIpc) is 3.23. The van der Waals surface area contributed by atoms with Crippen LogP contribution in [0.4, 0.5) is 0 Å². The molecule has 4 aromatic heterocycles. The number of carbonyl (C=O) groups is 4. The number of carbonyl (C=O) groups excluding carboxylic acids is 4. The zero-order valence-electron chi connectivity index (χ0n) is 31.9. The molecule has 0 unspecified atom stereocenters. The second-order valence-electron chi connectivity index (χ2n) is 13.0. The fraction of sp³-hybridized carbons (Fsp3) is 0.333. The van der Waals surface area contributed by atoms with E-state index < -0.39 is 0 Å². The molecule has 4 aromatic rings. The smallest absolute Gasteiger partial charge is 0.243 e. The Morgan fingerprint density at radius 3 is 1.07 bits per heavy atom. The summed E-state index contributed by atoms with van der Waals surface area (Å²) < 4.78 is 0. The molecule has 2 N–H and O–H groups in total. The van der Waals surface area contributed by atoms with E-state index in [1.807, 2.05) is 72.8 Å². The number of hydrogen-bond donors (Lipinski definition) is 2. The van der Waals surface area contributed by atoms with Crippen LogP contribution in [0.25, 0.3) is 0 Å². The van der Waals surface area contributed by atoms with Crippen LogP contribution >= 0.6 is 0 Å². The lowest BCUT2D eigenvalue weighted by molar-refractivity contribution is -0.135. The summed E-state index contributed by atoms with van der Waals surface area (Å²) >= 11 is 0. The molecular weight excluding hydrogens is 709 g/mol. The van der Waals surface area contributed by atoms with Crippen LogP contribution in [0, 0.1) is 0 Å². The summed E-state index contributed by atoms with van der Waals surface area (Å²) in [4.78, 5) is 77.3. The average molecular weight is 761 g/mol. The van der Waals surface area contributed by atoms with Crippen LogP contribution in [0.15, 0.2) is 123 Å². The third-order valence-electron chi connectivity index (χ3n) is 8.81. The van der Waals surface area contributed by atoms with Gasteiger partial charge >= 0.3 is 0 Å². The first-order chi connectivity index (χ1) is 27.3. The number of nitrogens with one attached hydrogen (secondary N) is 2. The second-order valence-corrected chi connectivity index (χ2v) is 13.0. The van der Waals surface area contributed by atoms with Gasteiger partial charge in [-0.1, -0.05) is 37.4 Å². The van der Waals surface area contributed by atoms with E-state index in [1.54, 1.807) is 34.6 Å². The fourth-order valence-electron chi connectivity index (χ4n) is 5.87. The molecule has 14 heteroatoms. The predicted molar refractivity (Wildman–Crippen MR) is 214 cm³/mol. The summed E-state index contributed by atoms with van der Waals surface area (Å²) in [6.07, 6.45) is 9.72. The van der Waals surface area contributed by atoms with E-state index in [-0.39, 0.29) is 75.7 Å². The molecule has 294 valence electrons. The molecule has 0 spiro atoms. The van der Waals surface area contributed by atoms with Crippen molar-refractivity contribution in [1.82, 2.24) is 50.2 Å². The fourth-order valence-corrected chi connectivity index (χ4v) is 5.87. The van der Waals surface area contributed by atoms with E-state index in [2.05, 4.69) is 53.5 Å². The number of hydrogen-bond acceptors (Lipinski definition) is 10. The first-order valence-corrected chi connectivity index (χ1v) is 18.7. The van der Waals surface area contributed by atoms with E-state index in [1.165, 1.54) is 12.2 Å². The van der Waals surface area contributed by atoms with Crippen LogP contribution in [0.2, 0.25) is 0 Å². The van der Waals surface area contributed by atoms with Crippen molar-refractivity contribution in [2.24, 2.45) is 0 Å². The molecule has 4 rings (SSSR count). The Labute approximate surface area is 329 Å². The minimum absolute atomic E-state index is 0.130. The molecular formula is C42H52N10O4. The van der Waals surface area contributed by atoms with Crippen molar-refractivity contribution in [1.29, 1.82) is 0 Å². The summed E-state index contributed by atoms with van der Waals surface area (Å²) in [6.45, 7) is 11.3. The zero-order chi connectivity index (χ0) is 39.8. The molecule has 0 saturated carbocycles. The summed E-state index contributed by atoms with van der Waals surface area (Å²) in [6, 6.07) is 23.0. The molecule has 0 aromatic carbocycles. The highest BCUT2D eigenvalue weighted by Gasteiger charge is 2.21. The van der Waals surface area contributed by atoms with Crippen molar-refractivity contribution in [2.75, 3.05) is 52.4 Å². The molecule has 0 saturated heterocycles. The molecule has 4 amide bonds. The van der Waals surface area contributed by atoms with Gasteiger partial charge in [0.25, 0.3) is 0 Å². The third-order valence-corrected chi connectivity index (χ3v) is 8.81. The van der Waals surface area contributed by atoms with Gasteiger partial charge < -0.3 is 20.4 Å². The zero-order valence-corrected chi connectivity index (χ0v) is 31.9. The second kappa shape index (κ2) is 24.3. The van der Waals surface area contributed by atoms with Gasteiger partial charge in [0.15, 0.2) is 0 Å². The Hall–Kier alpha value is -6.12. The highest BCUT2D eigenvalue weighted by molar-refractivity contribution is 5.87. The molecule has 0 radical (unpaired) electrons. The Balaban J connectivity index is 1.45. The Morgan fingerprint density at radius 2 is 0.804 bits per heavy atom. The normalized spacial score (nSPS) is 10.8. The highest BCUT2D eigenvalue weighted by Crippen LogP contribution is 2.11. The van der Waals surface area contributed by atoms with Crippen LogP contribution in [0.5, 0.6) is 0 Å². The summed E-state index contributed by atoms with van der Waals surface area (Å²) in [5.74, 6) is -0.946. The van der Waals surface area contributed by atoms with Crippen LogP contribution < -0.4 is 10.6 Å². The first-order valence-electron chi connectivity index (χ1n) is 18.7. The minimum Gasteiger partial charge on any atom is -0.351 e. The molecule has 56 heavy (non-hydrogen) atoms. The van der Waals surface area contributed by atoms with Crippen LogP contribution in [-0.2, 0) is 45.4 Å². The van der Waals surface area contributed by atoms with E-state index in [0.717, 1.165) is 22.8 Å². The monoisotopic (exact) mass is 760 g/mol. The summed E-state index contributed by atoms with van der Waals surface area (Å²) in [7, 11) is 0. The SMILES string of the molecule is C=CC(=O)NCCN(CCN(CCNC(=O)C=C)C(=O)CCN(Cc1ccccn1)Cc1ccccn1)C(=O)CCN(Cc1ccccn1)Cc1ccccn1. The van der Waals surface area contributed by atoms with Crippen LogP contribution in [0.3, 0.4) is 0 Å². The third kappa shape index (κ3) is 16.1. The van der Waals surface area contributed by atoms with Gasteiger partial charge in [0.1, 0.15) is 0 Å². The van der Waals surface area contributed by atoms with Gasteiger partial charge in [0.2, 0.25) is 23.6 Å². The molecule has 0 fully saturated rings. The van der Waals surface area contributed by atoms with Gasteiger partial charge in [0, 0.05) is 116 Å². The van der Waals surface area contributed by atoms with Gasteiger partial charge in [-0.2, -0.15) is 0 Å². The van der Waals surface area contributed by atoms with E-state index in [9.17, 15) is 19.2 Å². The van der Waals surface area contributed by atoms with Crippen molar-refractivity contribution in [2.45, 2.75) is 39.0 Å². The number of pyridine rings is 4. The maximum Gasteiger partial charge on any atom is 0.243 e. The lowest BCUT2D eigenvalue weighted by atomic mass is 10.2. The molecule has 0 atom stereocenters. The van der Waals surface area contributed by atoms with E-state index in [4.69, 9.17) is 0 Å². The number of amides is 4. The molecule has 4 heterocycles. The number of aromatic nitrogens is 4. The largest absolute Gasteiger partial charge is 0.351 e. The predicted octanol–water partition coefficient (Wildman–Crippen LogP) is 3.01. The summed E-state index contributed by atoms with van der Waals surface area (Å²) in [5.41, 5.74) is 3.49. The van der Waals surface area contributed by atoms with Crippen molar-refractivity contribution in [3.8, 4) is 0 Å². The standard InChI is InChI=1S/C42H52N10O4/c1-3-39(53)47-23-27-51(41(55)17-25-49(31-35-13-5-9-19-43-35)32-36-14-6-10-20-44-36)29-30-52(28-24-48-40(54)4-2)42(56)18-26-50(33-37-15-7-11-21-45-37)34-38-16-8-12-22-46-38/h3-16,19-22H,1-2,17-18,23-34H2,(H,47,53)(H,48,54). The Morgan fingerprint density at radius 1 is 0.482 bits per heavy atom. The van der Waals surface area contributed by atoms with Crippen molar-refractivity contribution >= 4 is 23.6 Å². The number of nitrogens with zero attached hydrogens (tertiary/aromatic N) is 8. The highest BCUT2D eigenvalue weighted by atomic mass is 16.2. The van der Waals surface area contributed by atoms with E-state index in [0.29, 0.717) is 39.3 Å². The van der Waals surface area contributed by atoms with Gasteiger partial charge in [0.05, 0.1) is 22.8 Å². The van der Waals surface area contributed by atoms with Gasteiger partial charge in [-0.25, -0.2) is 0 Å². The Bertz CT molecular complexity index is 1580. The van der Waals surface area contributed by atoms with Crippen LogP contribution in [-0.4, -0.2) is 116 Å². The maximum absolute atomic E-state index is 13.9. The van der Waals surface area contributed by atoms with Crippen molar-refractivity contribution in [3.63, 3.8) is 0 Å². The van der Waals surface area contributed by atoms with Crippen LogP contribution in [0.1, 0.15) is 35.6 Å². The topological polar surface area (TPSA) is 157 Å². The lowest BCUT2D eigenvalue weighted by Crippen LogP contribution is -2.46. The van der Waals surface area contributed by atoms with Gasteiger partial charge in [-0.05, 0) is 60.7 Å². The maximum atomic E-state index is 13.9. The molecule has 0 bridgehead atoms. The number of rotatable bonds is 25. The van der Waals surface area contributed by atoms with E-state index >= 15 is 0 Å². The Kier molecular flexibility index (Phi) is 18.5. The van der Waals surface area contributed by atoms with Gasteiger partial charge in [-0.15, -0.1) is 0 Å². The van der Waals surface area contributed by atoms with Crippen molar-refractivity contribution in [3.05, 3.63) is 146 Å². The van der Waals surface area contributed by atoms with Gasteiger partial charge in [-0.3, -0.25) is 48.9 Å². The molecule has 14 nitrogen and oxygen atoms in total. The molecule has 0 aliphatic carbocycles. The molecule has 0 aliphatic rings. The quantitative estimate of drug-likeness (QED) is 0.0964. The van der Waals surface area contributed by atoms with Crippen molar-refractivity contribution < 1.29 is 19.2 Å². The lowest BCUT2D eigenvalue weighted by Gasteiger charge is -2.30.